The molecule has 1 saturated carbocycles. The molecule has 0 bridgehead atoms. The van der Waals surface area contributed by atoms with Crippen LogP contribution in [0.15, 0.2) is 24.3 Å². The van der Waals surface area contributed by atoms with Gasteiger partial charge < -0.3 is 0 Å². The van der Waals surface area contributed by atoms with Gasteiger partial charge in [-0.2, -0.15) is 0 Å². The minimum absolute atomic E-state index is 0.296. The summed E-state index contributed by atoms with van der Waals surface area (Å²) in [5.41, 5.74) is 3.35. The van der Waals surface area contributed by atoms with Crippen LogP contribution >= 0.6 is 0 Å². The van der Waals surface area contributed by atoms with E-state index in [2.05, 4.69) is 38.1 Å². The average Bonchev–Trinajstić information content (AvgIpc) is 2.57. The van der Waals surface area contributed by atoms with E-state index in [9.17, 15) is 4.79 Å². The van der Waals surface area contributed by atoms with E-state index in [1.54, 1.807) is 0 Å². The molecule has 1 nitrogen and oxygen atoms in total. The molecule has 2 atom stereocenters. The standard InChI is InChI=1S/C16H20O/c1-11-12(2)16(9-7-13(17)8-10-16)15-6-4-3-5-14(11)15/h3-6,11-12H,7-10H2,1-2H3/t11-,12+/m0/s1. The third-order valence-corrected chi connectivity index (χ3v) is 5.31. The largest absolute Gasteiger partial charge is 0.300 e. The Kier molecular flexibility index (Phi) is 2.39. The Labute approximate surface area is 103 Å². The van der Waals surface area contributed by atoms with Gasteiger partial charge in [0.05, 0.1) is 0 Å². The van der Waals surface area contributed by atoms with E-state index in [1.807, 2.05) is 0 Å². The van der Waals surface area contributed by atoms with E-state index >= 15 is 0 Å². The predicted molar refractivity (Wildman–Crippen MR) is 69.2 cm³/mol. The second kappa shape index (κ2) is 3.69. The third kappa shape index (κ3) is 1.41. The summed E-state index contributed by atoms with van der Waals surface area (Å²) in [6, 6.07) is 8.88. The molecule has 1 spiro atoms. The smallest absolute Gasteiger partial charge is 0.132 e. The highest BCUT2D eigenvalue weighted by atomic mass is 16.1. The monoisotopic (exact) mass is 228 g/mol. The second-order valence-electron chi connectivity index (χ2n) is 5.86. The van der Waals surface area contributed by atoms with E-state index in [0.29, 0.717) is 23.0 Å². The van der Waals surface area contributed by atoms with Crippen molar-refractivity contribution >= 4 is 5.78 Å². The lowest BCUT2D eigenvalue weighted by atomic mass is 9.64. The highest BCUT2D eigenvalue weighted by Gasteiger charge is 2.49. The van der Waals surface area contributed by atoms with Gasteiger partial charge in [-0.15, -0.1) is 0 Å². The number of fused-ring (bicyclic) bond motifs is 2. The normalized spacial score (nSPS) is 30.6. The van der Waals surface area contributed by atoms with Crippen LogP contribution in [0.5, 0.6) is 0 Å². The summed E-state index contributed by atoms with van der Waals surface area (Å²) in [6.07, 6.45) is 3.69. The van der Waals surface area contributed by atoms with Crippen LogP contribution in [0, 0.1) is 5.92 Å². The first-order valence-electron chi connectivity index (χ1n) is 6.76. The molecule has 0 N–H and O–H groups in total. The van der Waals surface area contributed by atoms with Gasteiger partial charge in [0.2, 0.25) is 0 Å². The SMILES string of the molecule is C[C@@H]1c2ccccc2C2(CCC(=O)CC2)[C@@H]1C. The van der Waals surface area contributed by atoms with E-state index in [-0.39, 0.29) is 0 Å². The van der Waals surface area contributed by atoms with Crippen LogP contribution in [-0.2, 0) is 10.2 Å². The van der Waals surface area contributed by atoms with Crippen LogP contribution in [0.1, 0.15) is 56.6 Å². The number of rotatable bonds is 0. The summed E-state index contributed by atoms with van der Waals surface area (Å²) in [5, 5.41) is 0. The molecule has 17 heavy (non-hydrogen) atoms. The Morgan fingerprint density at radius 3 is 2.47 bits per heavy atom. The number of carbonyl (C=O) groups is 1. The fourth-order valence-corrected chi connectivity index (χ4v) is 4.04. The first kappa shape index (κ1) is 11.0. The minimum atomic E-state index is 0.296. The van der Waals surface area contributed by atoms with Gasteiger partial charge in [-0.05, 0) is 41.2 Å². The lowest BCUT2D eigenvalue weighted by molar-refractivity contribution is -0.121. The zero-order chi connectivity index (χ0) is 12.0. The third-order valence-electron chi connectivity index (χ3n) is 5.31. The number of ketones is 1. The quantitative estimate of drug-likeness (QED) is 0.659. The van der Waals surface area contributed by atoms with Gasteiger partial charge in [0.1, 0.15) is 5.78 Å². The zero-order valence-electron chi connectivity index (χ0n) is 10.7. The number of benzene rings is 1. The van der Waals surface area contributed by atoms with Crippen molar-refractivity contribution in [2.24, 2.45) is 5.92 Å². The molecule has 90 valence electrons. The Morgan fingerprint density at radius 1 is 1.12 bits per heavy atom. The first-order chi connectivity index (χ1) is 8.15. The minimum Gasteiger partial charge on any atom is -0.300 e. The molecule has 1 aromatic rings. The summed E-state index contributed by atoms with van der Waals surface area (Å²) in [6.45, 7) is 4.72. The van der Waals surface area contributed by atoms with Gasteiger partial charge in [0.15, 0.2) is 0 Å². The Balaban J connectivity index is 2.08. The van der Waals surface area contributed by atoms with Crippen molar-refractivity contribution in [2.45, 2.75) is 50.9 Å². The van der Waals surface area contributed by atoms with Crippen molar-refractivity contribution in [3.8, 4) is 0 Å². The molecule has 0 heterocycles. The maximum Gasteiger partial charge on any atom is 0.132 e. The van der Waals surface area contributed by atoms with E-state index in [4.69, 9.17) is 0 Å². The number of carbonyl (C=O) groups excluding carboxylic acids is 1. The molecule has 1 aromatic carbocycles. The van der Waals surface area contributed by atoms with E-state index in [1.165, 1.54) is 11.1 Å². The van der Waals surface area contributed by atoms with Crippen LogP contribution in [-0.4, -0.2) is 5.78 Å². The van der Waals surface area contributed by atoms with E-state index in [0.717, 1.165) is 25.7 Å². The summed E-state index contributed by atoms with van der Waals surface area (Å²) < 4.78 is 0. The summed E-state index contributed by atoms with van der Waals surface area (Å²) >= 11 is 0. The molecule has 0 amide bonds. The molecule has 0 aromatic heterocycles. The highest BCUT2D eigenvalue weighted by Crippen LogP contribution is 2.56. The van der Waals surface area contributed by atoms with Crippen LogP contribution in [0.25, 0.3) is 0 Å². The molecular weight excluding hydrogens is 208 g/mol. The van der Waals surface area contributed by atoms with Crippen LogP contribution in [0.2, 0.25) is 0 Å². The molecule has 0 aliphatic heterocycles. The second-order valence-corrected chi connectivity index (χ2v) is 5.86. The number of Topliss-reactive ketones (excluding diaryl/α,β-unsaturated/α-hetero) is 1. The predicted octanol–water partition coefficient (Wildman–Crippen LogP) is 3.82. The maximum atomic E-state index is 11.5. The van der Waals surface area contributed by atoms with Crippen molar-refractivity contribution in [2.75, 3.05) is 0 Å². The topological polar surface area (TPSA) is 17.1 Å². The van der Waals surface area contributed by atoms with Crippen LogP contribution < -0.4 is 0 Å². The molecule has 2 aliphatic rings. The molecule has 1 fully saturated rings. The Hall–Kier alpha value is -1.11. The molecule has 0 saturated heterocycles. The lowest BCUT2D eigenvalue weighted by Crippen LogP contribution is -2.35. The van der Waals surface area contributed by atoms with Gasteiger partial charge in [-0.1, -0.05) is 38.1 Å². The van der Waals surface area contributed by atoms with Crippen molar-refractivity contribution < 1.29 is 4.79 Å². The first-order valence-corrected chi connectivity index (χ1v) is 6.76. The number of hydrogen-bond acceptors (Lipinski definition) is 1. The van der Waals surface area contributed by atoms with Gasteiger partial charge >= 0.3 is 0 Å². The van der Waals surface area contributed by atoms with Crippen molar-refractivity contribution in [1.82, 2.24) is 0 Å². The van der Waals surface area contributed by atoms with Crippen molar-refractivity contribution in [1.29, 1.82) is 0 Å². The molecular formula is C16H20O. The Bertz CT molecular complexity index is 450. The molecule has 3 rings (SSSR count). The zero-order valence-corrected chi connectivity index (χ0v) is 10.7. The summed E-state index contributed by atoms with van der Waals surface area (Å²) in [7, 11) is 0. The molecule has 1 heteroatoms. The van der Waals surface area contributed by atoms with Crippen molar-refractivity contribution in [3.63, 3.8) is 0 Å². The highest BCUT2D eigenvalue weighted by molar-refractivity contribution is 5.80. The van der Waals surface area contributed by atoms with Gasteiger partial charge in [-0.25, -0.2) is 0 Å². The van der Waals surface area contributed by atoms with Gasteiger partial charge in [-0.3, -0.25) is 4.79 Å². The maximum absolute atomic E-state index is 11.5. The summed E-state index contributed by atoms with van der Waals surface area (Å²) in [4.78, 5) is 11.5. The molecule has 2 aliphatic carbocycles. The van der Waals surface area contributed by atoms with E-state index < -0.39 is 0 Å². The Morgan fingerprint density at radius 2 is 1.76 bits per heavy atom. The fourth-order valence-electron chi connectivity index (χ4n) is 4.04. The lowest BCUT2D eigenvalue weighted by Gasteiger charge is -2.39. The fraction of sp³-hybridized carbons (Fsp3) is 0.562. The molecule has 0 unspecified atom stereocenters. The molecule has 0 radical (unpaired) electrons. The number of hydrogen-bond donors (Lipinski definition) is 0. The van der Waals surface area contributed by atoms with Crippen LogP contribution in [0.4, 0.5) is 0 Å². The van der Waals surface area contributed by atoms with Crippen LogP contribution in [0.3, 0.4) is 0 Å². The van der Waals surface area contributed by atoms with Gasteiger partial charge in [0.25, 0.3) is 0 Å². The van der Waals surface area contributed by atoms with Crippen molar-refractivity contribution in [3.05, 3.63) is 35.4 Å². The summed E-state index contributed by atoms with van der Waals surface area (Å²) in [5.74, 6) is 1.77. The van der Waals surface area contributed by atoms with Gasteiger partial charge in [0, 0.05) is 12.8 Å². The average molecular weight is 228 g/mol.